The zero-order chi connectivity index (χ0) is 24.2. The summed E-state index contributed by atoms with van der Waals surface area (Å²) in [6.07, 6.45) is -4.26. The maximum atomic E-state index is 12.8. The number of amides is 3. The number of nitrogens with one attached hydrogen (secondary N) is 1. The fourth-order valence-corrected chi connectivity index (χ4v) is 3.35. The number of benzene rings is 2. The van der Waals surface area contributed by atoms with Crippen LogP contribution in [0.3, 0.4) is 0 Å². The third-order valence-electron chi connectivity index (χ3n) is 4.90. The fraction of sp³-hybridized carbons (Fsp3) is 0.318. The number of hydrogen-bond acceptors (Lipinski definition) is 6. The van der Waals surface area contributed by atoms with E-state index in [1.807, 2.05) is 0 Å². The van der Waals surface area contributed by atoms with Crippen molar-refractivity contribution in [2.75, 3.05) is 26.1 Å². The number of rotatable bonds is 7. The molecule has 2 aromatic carbocycles. The van der Waals surface area contributed by atoms with Gasteiger partial charge in [-0.3, -0.25) is 19.3 Å². The molecule has 2 aromatic rings. The Labute approximate surface area is 187 Å². The van der Waals surface area contributed by atoms with Crippen LogP contribution in [0.2, 0.25) is 0 Å². The molecular formula is C22H21F3N2O6. The van der Waals surface area contributed by atoms with Crippen molar-refractivity contribution in [2.24, 2.45) is 0 Å². The molecule has 1 N–H and O–H groups in total. The molecule has 0 aliphatic carbocycles. The molecule has 8 nitrogen and oxygen atoms in total. The average Bonchev–Trinajstić information content (AvgIpc) is 3.15. The van der Waals surface area contributed by atoms with E-state index < -0.39 is 35.5 Å². The van der Waals surface area contributed by atoms with Gasteiger partial charge in [0.25, 0.3) is 5.91 Å². The van der Waals surface area contributed by atoms with E-state index in [-0.39, 0.29) is 42.4 Å². The van der Waals surface area contributed by atoms with Crippen LogP contribution in [0, 0.1) is 0 Å². The maximum absolute atomic E-state index is 12.8. The quantitative estimate of drug-likeness (QED) is 0.670. The summed E-state index contributed by atoms with van der Waals surface area (Å²) in [7, 11) is 2.69. The topological polar surface area (TPSA) is 94.2 Å². The van der Waals surface area contributed by atoms with Gasteiger partial charge in [0.15, 0.2) is 0 Å². The summed E-state index contributed by atoms with van der Waals surface area (Å²) in [4.78, 5) is 38.0. The summed E-state index contributed by atoms with van der Waals surface area (Å²) in [5, 5.41) is 2.63. The van der Waals surface area contributed by atoms with Crippen molar-refractivity contribution in [2.45, 2.75) is 25.1 Å². The lowest BCUT2D eigenvalue weighted by Crippen LogP contribution is -2.46. The minimum Gasteiger partial charge on any atom is -0.495 e. The average molecular weight is 466 g/mol. The van der Waals surface area contributed by atoms with Gasteiger partial charge in [-0.25, -0.2) is 0 Å². The number of carbonyl (C=O) groups is 3. The van der Waals surface area contributed by atoms with Gasteiger partial charge < -0.3 is 19.5 Å². The first-order valence-electron chi connectivity index (χ1n) is 9.82. The third kappa shape index (κ3) is 5.61. The fourth-order valence-electron chi connectivity index (χ4n) is 3.35. The Morgan fingerprint density at radius 1 is 1.09 bits per heavy atom. The largest absolute Gasteiger partial charge is 0.495 e. The van der Waals surface area contributed by atoms with Gasteiger partial charge in [-0.15, -0.1) is 0 Å². The molecule has 0 spiro atoms. The first kappa shape index (κ1) is 24.1. The molecule has 0 radical (unpaired) electrons. The summed E-state index contributed by atoms with van der Waals surface area (Å²) in [6.45, 7) is -0.338. The van der Waals surface area contributed by atoms with Crippen molar-refractivity contribution in [1.29, 1.82) is 0 Å². The Morgan fingerprint density at radius 3 is 2.36 bits per heavy atom. The number of alkyl halides is 3. The molecule has 0 bridgehead atoms. The molecule has 3 rings (SSSR count). The Morgan fingerprint density at radius 2 is 1.76 bits per heavy atom. The SMILES string of the molecule is COCC(=O)N1C(=O)CCC1C(=O)Nc1cc(Oc2ccc(C(F)(F)F)cc2)ccc1OC. The van der Waals surface area contributed by atoms with E-state index in [9.17, 15) is 27.6 Å². The molecule has 1 aliphatic rings. The molecule has 0 saturated carbocycles. The summed E-state index contributed by atoms with van der Waals surface area (Å²) < 4.78 is 53.8. The highest BCUT2D eigenvalue weighted by Crippen LogP contribution is 2.34. The normalized spacial score (nSPS) is 16.0. The zero-order valence-corrected chi connectivity index (χ0v) is 17.8. The monoisotopic (exact) mass is 466 g/mol. The Kier molecular flexibility index (Phi) is 7.22. The van der Waals surface area contributed by atoms with Gasteiger partial charge in [-0.2, -0.15) is 13.2 Å². The van der Waals surface area contributed by atoms with Crippen LogP contribution in [0.1, 0.15) is 18.4 Å². The molecule has 1 fully saturated rings. The van der Waals surface area contributed by atoms with Gasteiger partial charge in [0, 0.05) is 19.6 Å². The van der Waals surface area contributed by atoms with E-state index in [4.69, 9.17) is 14.2 Å². The highest BCUT2D eigenvalue weighted by molar-refractivity contribution is 6.06. The third-order valence-corrected chi connectivity index (χ3v) is 4.90. The number of hydrogen-bond donors (Lipinski definition) is 1. The number of anilines is 1. The first-order valence-corrected chi connectivity index (χ1v) is 9.82. The van der Waals surface area contributed by atoms with Crippen molar-refractivity contribution >= 4 is 23.4 Å². The number of carbonyl (C=O) groups excluding carboxylic acids is 3. The molecule has 176 valence electrons. The van der Waals surface area contributed by atoms with Crippen LogP contribution in [0.25, 0.3) is 0 Å². The van der Waals surface area contributed by atoms with E-state index in [1.54, 1.807) is 0 Å². The van der Waals surface area contributed by atoms with E-state index in [0.717, 1.165) is 17.0 Å². The summed E-state index contributed by atoms with van der Waals surface area (Å²) in [5.41, 5.74) is -0.610. The van der Waals surface area contributed by atoms with Crippen molar-refractivity contribution in [3.05, 3.63) is 48.0 Å². The summed E-state index contributed by atoms with van der Waals surface area (Å²) in [6, 6.07) is 7.57. The molecule has 33 heavy (non-hydrogen) atoms. The van der Waals surface area contributed by atoms with E-state index in [2.05, 4.69) is 5.32 Å². The van der Waals surface area contributed by atoms with Crippen molar-refractivity contribution in [3.8, 4) is 17.2 Å². The molecular weight excluding hydrogens is 445 g/mol. The minimum absolute atomic E-state index is 0.0434. The number of likely N-dealkylation sites (tertiary alicyclic amines) is 1. The maximum Gasteiger partial charge on any atom is 0.416 e. The van der Waals surface area contributed by atoms with Crippen LogP contribution in [0.4, 0.5) is 18.9 Å². The lowest BCUT2D eigenvalue weighted by molar-refractivity contribution is -0.149. The summed E-state index contributed by atoms with van der Waals surface area (Å²) >= 11 is 0. The standard InChI is InChI=1S/C22H21F3N2O6/c1-31-12-20(29)27-17(8-10-19(27)28)21(30)26-16-11-15(7-9-18(16)32-2)33-14-5-3-13(4-6-14)22(23,24)25/h3-7,9,11,17H,8,10,12H2,1-2H3,(H,26,30). The van der Waals surface area contributed by atoms with E-state index in [1.165, 1.54) is 44.6 Å². The molecule has 1 saturated heterocycles. The Bertz CT molecular complexity index is 1040. The van der Waals surface area contributed by atoms with Crippen LogP contribution in [-0.2, 0) is 25.3 Å². The zero-order valence-electron chi connectivity index (χ0n) is 17.8. The second-order valence-electron chi connectivity index (χ2n) is 7.12. The molecule has 0 aromatic heterocycles. The molecule has 1 unspecified atom stereocenters. The predicted octanol–water partition coefficient (Wildman–Crippen LogP) is 3.61. The van der Waals surface area contributed by atoms with Crippen molar-refractivity contribution in [1.82, 2.24) is 4.90 Å². The smallest absolute Gasteiger partial charge is 0.416 e. The van der Waals surface area contributed by atoms with E-state index >= 15 is 0 Å². The Hall–Kier alpha value is -3.60. The summed E-state index contributed by atoms with van der Waals surface area (Å²) in [5.74, 6) is -1.03. The first-order chi connectivity index (χ1) is 15.6. The molecule has 1 heterocycles. The van der Waals surface area contributed by atoms with Crippen LogP contribution < -0.4 is 14.8 Å². The van der Waals surface area contributed by atoms with Gasteiger partial charge in [-0.1, -0.05) is 0 Å². The highest BCUT2D eigenvalue weighted by Gasteiger charge is 2.40. The van der Waals surface area contributed by atoms with Gasteiger partial charge in [-0.05, 0) is 42.8 Å². The van der Waals surface area contributed by atoms with Gasteiger partial charge in [0.2, 0.25) is 11.8 Å². The second-order valence-corrected chi connectivity index (χ2v) is 7.12. The van der Waals surface area contributed by atoms with Crippen LogP contribution in [-0.4, -0.2) is 49.5 Å². The van der Waals surface area contributed by atoms with Crippen molar-refractivity contribution < 1.29 is 41.8 Å². The van der Waals surface area contributed by atoms with Gasteiger partial charge in [0.1, 0.15) is 29.9 Å². The van der Waals surface area contributed by atoms with Gasteiger partial charge in [0.05, 0.1) is 18.4 Å². The number of ether oxygens (including phenoxy) is 3. The number of halogens is 3. The van der Waals surface area contributed by atoms with E-state index in [0.29, 0.717) is 0 Å². The Balaban J connectivity index is 1.77. The van der Waals surface area contributed by atoms with Crippen LogP contribution in [0.5, 0.6) is 17.2 Å². The van der Waals surface area contributed by atoms with Crippen molar-refractivity contribution in [3.63, 3.8) is 0 Å². The molecule has 11 heteroatoms. The lowest BCUT2D eigenvalue weighted by Gasteiger charge is -2.22. The highest BCUT2D eigenvalue weighted by atomic mass is 19.4. The minimum atomic E-state index is -4.46. The lowest BCUT2D eigenvalue weighted by atomic mass is 10.2. The predicted molar refractivity (Wildman–Crippen MR) is 110 cm³/mol. The number of nitrogens with zero attached hydrogens (tertiary/aromatic N) is 1. The molecule has 1 atom stereocenters. The number of methoxy groups -OCH3 is 2. The second kappa shape index (κ2) is 9.90. The van der Waals surface area contributed by atoms with Crippen LogP contribution in [0.15, 0.2) is 42.5 Å². The molecule has 1 aliphatic heterocycles. The van der Waals surface area contributed by atoms with Crippen LogP contribution >= 0.6 is 0 Å². The van der Waals surface area contributed by atoms with Gasteiger partial charge >= 0.3 is 6.18 Å². The number of imide groups is 1. The molecule has 3 amide bonds.